The standard InChI is InChI=1S/C13H8O2/c1-2-3-11-15-13(14)10-9-12-7-5-4-6-8-12/h1,4-10H/b10-9+. The normalized spacial score (nSPS) is 8.73. The summed E-state index contributed by atoms with van der Waals surface area (Å²) in [5, 5.41) is 0. The van der Waals surface area contributed by atoms with Gasteiger partial charge in [0.25, 0.3) is 0 Å². The molecule has 0 aliphatic rings. The summed E-state index contributed by atoms with van der Waals surface area (Å²) >= 11 is 0. The molecule has 72 valence electrons. The lowest BCUT2D eigenvalue weighted by Gasteiger charge is -1.90. The third-order valence-electron chi connectivity index (χ3n) is 1.49. The molecule has 0 atom stereocenters. The molecule has 0 bridgehead atoms. The number of benzene rings is 1. The van der Waals surface area contributed by atoms with Crippen LogP contribution in [0.25, 0.3) is 6.08 Å². The second-order valence-corrected chi connectivity index (χ2v) is 2.54. The molecule has 2 heteroatoms. The van der Waals surface area contributed by atoms with Crippen molar-refractivity contribution in [3.8, 4) is 24.4 Å². The zero-order valence-electron chi connectivity index (χ0n) is 7.94. The number of carbonyl (C=O) groups excluding carboxylic acids is 1. The van der Waals surface area contributed by atoms with Gasteiger partial charge in [-0.1, -0.05) is 30.3 Å². The van der Waals surface area contributed by atoms with Crippen molar-refractivity contribution in [2.45, 2.75) is 0 Å². The van der Waals surface area contributed by atoms with Gasteiger partial charge < -0.3 is 4.74 Å². The van der Waals surface area contributed by atoms with Gasteiger partial charge in [0.15, 0.2) is 0 Å². The van der Waals surface area contributed by atoms with Crippen molar-refractivity contribution >= 4 is 12.0 Å². The molecule has 0 radical (unpaired) electrons. The molecule has 0 aliphatic heterocycles. The third kappa shape index (κ3) is 4.36. The molecule has 0 saturated carbocycles. The summed E-state index contributed by atoms with van der Waals surface area (Å²) in [4.78, 5) is 11.0. The molecule has 15 heavy (non-hydrogen) atoms. The second kappa shape index (κ2) is 6.07. The molecule has 1 rings (SSSR count). The molecule has 0 saturated heterocycles. The van der Waals surface area contributed by atoms with Crippen LogP contribution >= 0.6 is 0 Å². The summed E-state index contributed by atoms with van der Waals surface area (Å²) in [7, 11) is 0. The molecule has 0 N–H and O–H groups in total. The van der Waals surface area contributed by atoms with E-state index in [1.54, 1.807) is 6.08 Å². The molecule has 0 aromatic heterocycles. The van der Waals surface area contributed by atoms with Crippen LogP contribution in [0.4, 0.5) is 0 Å². The van der Waals surface area contributed by atoms with Crippen LogP contribution in [0.1, 0.15) is 5.56 Å². The predicted octanol–water partition coefficient (Wildman–Crippen LogP) is 1.84. The number of hydrogen-bond donors (Lipinski definition) is 0. The summed E-state index contributed by atoms with van der Waals surface area (Å²) < 4.78 is 4.47. The Morgan fingerprint density at radius 1 is 1.33 bits per heavy atom. The number of rotatable bonds is 2. The Bertz CT molecular complexity index is 453. The van der Waals surface area contributed by atoms with Crippen LogP contribution in [0.3, 0.4) is 0 Å². The molecule has 1 aromatic carbocycles. The van der Waals surface area contributed by atoms with E-state index in [-0.39, 0.29) is 0 Å². The van der Waals surface area contributed by atoms with Gasteiger partial charge >= 0.3 is 5.97 Å². The number of ether oxygens (including phenoxy) is 1. The quantitative estimate of drug-likeness (QED) is 0.410. The van der Waals surface area contributed by atoms with Crippen molar-refractivity contribution in [3.63, 3.8) is 0 Å². The molecule has 0 fully saturated rings. The highest BCUT2D eigenvalue weighted by atomic mass is 16.5. The van der Waals surface area contributed by atoms with Crippen LogP contribution in [-0.4, -0.2) is 5.97 Å². The van der Waals surface area contributed by atoms with Crippen molar-refractivity contribution in [1.29, 1.82) is 0 Å². The van der Waals surface area contributed by atoms with Crippen LogP contribution in [0.5, 0.6) is 0 Å². The first-order valence-electron chi connectivity index (χ1n) is 4.22. The van der Waals surface area contributed by atoms with Gasteiger partial charge in [0.2, 0.25) is 0 Å². The van der Waals surface area contributed by atoms with Gasteiger partial charge in [-0.15, -0.1) is 6.42 Å². The van der Waals surface area contributed by atoms with Gasteiger partial charge in [0, 0.05) is 12.0 Å². The molecule has 0 unspecified atom stereocenters. The Balaban J connectivity index is 2.52. The first-order chi connectivity index (χ1) is 7.33. The first-order valence-corrected chi connectivity index (χ1v) is 4.22. The molecule has 0 spiro atoms. The molecular weight excluding hydrogens is 188 g/mol. The van der Waals surface area contributed by atoms with Crippen molar-refractivity contribution in [3.05, 3.63) is 42.0 Å². The zero-order valence-corrected chi connectivity index (χ0v) is 7.94. The highest BCUT2D eigenvalue weighted by Gasteiger charge is 1.92. The molecule has 0 amide bonds. The van der Waals surface area contributed by atoms with Crippen molar-refractivity contribution in [2.24, 2.45) is 0 Å². The lowest BCUT2D eigenvalue weighted by molar-refractivity contribution is -0.131. The maximum Gasteiger partial charge on any atom is 0.344 e. The first kappa shape index (κ1) is 10.6. The molecule has 1 aromatic rings. The van der Waals surface area contributed by atoms with Gasteiger partial charge in [-0.05, 0) is 17.6 Å². The fraction of sp³-hybridized carbons (Fsp3) is 0. The highest BCUT2D eigenvalue weighted by Crippen LogP contribution is 2.00. The maximum absolute atomic E-state index is 11.0. The Hall–Kier alpha value is -2.45. The zero-order chi connectivity index (χ0) is 10.9. The van der Waals surface area contributed by atoms with Gasteiger partial charge in [0.05, 0.1) is 0 Å². The monoisotopic (exact) mass is 196 g/mol. The Morgan fingerprint density at radius 3 is 2.73 bits per heavy atom. The fourth-order valence-electron chi connectivity index (χ4n) is 0.868. The molecule has 0 aliphatic carbocycles. The second-order valence-electron chi connectivity index (χ2n) is 2.54. The minimum atomic E-state index is -0.540. The van der Waals surface area contributed by atoms with Crippen molar-refractivity contribution in [1.82, 2.24) is 0 Å². The lowest BCUT2D eigenvalue weighted by atomic mass is 10.2. The van der Waals surface area contributed by atoms with Gasteiger partial charge in [-0.25, -0.2) is 4.79 Å². The van der Waals surface area contributed by atoms with Crippen LogP contribution in [-0.2, 0) is 9.53 Å². The highest BCUT2D eigenvalue weighted by molar-refractivity contribution is 5.87. The summed E-state index contributed by atoms with van der Waals surface area (Å²) in [6.07, 6.45) is 9.86. The van der Waals surface area contributed by atoms with E-state index in [0.29, 0.717) is 0 Å². The summed E-state index contributed by atoms with van der Waals surface area (Å²) in [6, 6.07) is 9.40. The van der Waals surface area contributed by atoms with E-state index in [2.05, 4.69) is 16.8 Å². The molecule has 0 heterocycles. The van der Waals surface area contributed by atoms with Crippen LogP contribution in [0, 0.1) is 24.4 Å². The van der Waals surface area contributed by atoms with E-state index in [4.69, 9.17) is 6.42 Å². The van der Waals surface area contributed by atoms with E-state index in [9.17, 15) is 4.79 Å². The largest absolute Gasteiger partial charge is 0.368 e. The summed E-state index contributed by atoms with van der Waals surface area (Å²) in [6.45, 7) is 0. The fourth-order valence-corrected chi connectivity index (χ4v) is 0.868. The van der Waals surface area contributed by atoms with Crippen LogP contribution < -0.4 is 0 Å². The predicted molar refractivity (Wildman–Crippen MR) is 58.2 cm³/mol. The van der Waals surface area contributed by atoms with E-state index < -0.39 is 5.97 Å². The van der Waals surface area contributed by atoms with E-state index in [0.717, 1.165) is 5.56 Å². The molecular formula is C13H8O2. The maximum atomic E-state index is 11.0. The number of terminal acetylenes is 1. The Kier molecular flexibility index (Phi) is 4.30. The minimum Gasteiger partial charge on any atom is -0.368 e. The minimum absolute atomic E-state index is 0.540. The van der Waals surface area contributed by atoms with Gasteiger partial charge in [-0.2, -0.15) is 0 Å². The number of esters is 1. The van der Waals surface area contributed by atoms with Gasteiger partial charge in [0.1, 0.15) is 6.11 Å². The van der Waals surface area contributed by atoms with E-state index >= 15 is 0 Å². The van der Waals surface area contributed by atoms with Crippen LogP contribution in [0.15, 0.2) is 36.4 Å². The molecule has 2 nitrogen and oxygen atoms in total. The topological polar surface area (TPSA) is 26.3 Å². The third-order valence-corrected chi connectivity index (χ3v) is 1.49. The smallest absolute Gasteiger partial charge is 0.344 e. The van der Waals surface area contributed by atoms with Crippen LogP contribution in [0.2, 0.25) is 0 Å². The SMILES string of the molecule is C#CC#COC(=O)/C=C/c1ccccc1. The Morgan fingerprint density at radius 2 is 2.07 bits per heavy atom. The Labute approximate surface area is 88.6 Å². The summed E-state index contributed by atoms with van der Waals surface area (Å²) in [5.74, 6) is 3.67. The number of hydrogen-bond acceptors (Lipinski definition) is 2. The van der Waals surface area contributed by atoms with E-state index in [1.165, 1.54) is 6.08 Å². The lowest BCUT2D eigenvalue weighted by Crippen LogP contribution is -1.93. The van der Waals surface area contributed by atoms with E-state index in [1.807, 2.05) is 36.3 Å². The van der Waals surface area contributed by atoms with Crippen molar-refractivity contribution < 1.29 is 9.53 Å². The average Bonchev–Trinajstić information content (AvgIpc) is 2.28. The van der Waals surface area contributed by atoms with Crippen molar-refractivity contribution in [2.75, 3.05) is 0 Å². The number of carbonyl (C=O) groups is 1. The van der Waals surface area contributed by atoms with Gasteiger partial charge in [-0.3, -0.25) is 0 Å². The summed E-state index contributed by atoms with van der Waals surface area (Å²) in [5.41, 5.74) is 0.916. The average molecular weight is 196 g/mol.